The van der Waals surface area contributed by atoms with Gasteiger partial charge < -0.3 is 10.2 Å². The van der Waals surface area contributed by atoms with E-state index in [1.807, 2.05) is 11.9 Å². The summed E-state index contributed by atoms with van der Waals surface area (Å²) in [5, 5.41) is 3.41. The lowest BCUT2D eigenvalue weighted by molar-refractivity contribution is -0.136. The Morgan fingerprint density at radius 2 is 2.10 bits per heavy atom. The van der Waals surface area contributed by atoms with Crippen molar-refractivity contribution < 1.29 is 4.79 Å². The van der Waals surface area contributed by atoms with Crippen molar-refractivity contribution >= 4 is 5.91 Å². The highest BCUT2D eigenvalue weighted by molar-refractivity contribution is 5.82. The van der Waals surface area contributed by atoms with Crippen LogP contribution >= 0.6 is 0 Å². The van der Waals surface area contributed by atoms with Gasteiger partial charge in [0.2, 0.25) is 5.91 Å². The highest BCUT2D eigenvalue weighted by Crippen LogP contribution is 2.31. The maximum Gasteiger partial charge on any atom is 0.240 e. The van der Waals surface area contributed by atoms with Gasteiger partial charge in [0, 0.05) is 13.6 Å². The molecule has 21 heavy (non-hydrogen) atoms. The van der Waals surface area contributed by atoms with Crippen LogP contribution in [0.5, 0.6) is 0 Å². The maximum atomic E-state index is 12.8. The zero-order valence-electron chi connectivity index (χ0n) is 14.0. The van der Waals surface area contributed by atoms with E-state index in [2.05, 4.69) is 51.2 Å². The normalized spacial score (nSPS) is 21.1. The Morgan fingerprint density at radius 1 is 1.38 bits per heavy atom. The van der Waals surface area contributed by atoms with E-state index in [1.54, 1.807) is 0 Å². The van der Waals surface area contributed by atoms with Gasteiger partial charge in [-0.25, -0.2) is 0 Å². The number of aryl methyl sites for hydroxylation is 2. The molecule has 1 saturated heterocycles. The van der Waals surface area contributed by atoms with E-state index in [1.165, 1.54) is 16.7 Å². The van der Waals surface area contributed by atoms with Crippen molar-refractivity contribution in [3.05, 3.63) is 34.9 Å². The Kier molecular flexibility index (Phi) is 4.72. The lowest BCUT2D eigenvalue weighted by Crippen LogP contribution is -2.55. The second kappa shape index (κ2) is 6.18. The molecule has 3 nitrogen and oxygen atoms in total. The quantitative estimate of drug-likeness (QED) is 0.927. The Labute approximate surface area is 128 Å². The van der Waals surface area contributed by atoms with Crippen molar-refractivity contribution in [3.63, 3.8) is 0 Å². The molecule has 0 bridgehead atoms. The van der Waals surface area contributed by atoms with Gasteiger partial charge in [-0.2, -0.15) is 0 Å². The smallest absolute Gasteiger partial charge is 0.240 e. The van der Waals surface area contributed by atoms with Gasteiger partial charge in [0.15, 0.2) is 0 Å². The average molecular weight is 288 g/mol. The number of nitrogens with one attached hydrogen (secondary N) is 1. The number of carbonyl (C=O) groups excluding carboxylic acids is 1. The third kappa shape index (κ3) is 3.65. The molecule has 116 valence electrons. The van der Waals surface area contributed by atoms with Crippen LogP contribution < -0.4 is 5.32 Å². The first-order chi connectivity index (χ1) is 9.81. The second-order valence-corrected chi connectivity index (χ2v) is 7.10. The number of piperidine rings is 1. The van der Waals surface area contributed by atoms with Crippen LogP contribution in [0, 0.1) is 19.3 Å². The fraction of sp³-hybridized carbons (Fsp3) is 0.611. The van der Waals surface area contributed by atoms with Gasteiger partial charge in [-0.3, -0.25) is 4.79 Å². The first-order valence-electron chi connectivity index (χ1n) is 7.86. The molecule has 3 heteroatoms. The largest absolute Gasteiger partial charge is 0.340 e. The predicted molar refractivity (Wildman–Crippen MR) is 87.2 cm³/mol. The molecule has 1 aliphatic heterocycles. The molecule has 0 spiro atoms. The molecule has 1 N–H and O–H groups in total. The van der Waals surface area contributed by atoms with Crippen LogP contribution in [0.25, 0.3) is 0 Å². The number of likely N-dealkylation sites (N-methyl/N-ethyl adjacent to an activating group) is 1. The van der Waals surface area contributed by atoms with E-state index in [9.17, 15) is 4.79 Å². The van der Waals surface area contributed by atoms with Gasteiger partial charge in [0.05, 0.1) is 6.04 Å². The summed E-state index contributed by atoms with van der Waals surface area (Å²) in [5.41, 5.74) is 3.78. The van der Waals surface area contributed by atoms with Gasteiger partial charge >= 0.3 is 0 Å². The number of nitrogens with zero attached hydrogens (tertiary/aromatic N) is 1. The van der Waals surface area contributed by atoms with E-state index in [0.717, 1.165) is 19.4 Å². The standard InChI is InChI=1S/C18H28N2O/c1-13-7-8-15(14(2)11-13)12-20(5)17(21)16-18(3,4)9-6-10-19-16/h7-8,11,16,19H,6,9-10,12H2,1-5H3. The van der Waals surface area contributed by atoms with E-state index in [-0.39, 0.29) is 17.4 Å². The third-order valence-corrected chi connectivity index (χ3v) is 4.66. The van der Waals surface area contributed by atoms with Crippen LogP contribution in [0.3, 0.4) is 0 Å². The fourth-order valence-electron chi connectivity index (χ4n) is 3.21. The SMILES string of the molecule is Cc1ccc(CN(C)C(=O)C2NCCCC2(C)C)c(C)c1. The zero-order chi connectivity index (χ0) is 15.6. The molecule has 2 rings (SSSR count). The van der Waals surface area contributed by atoms with Crippen LogP contribution in [-0.2, 0) is 11.3 Å². The van der Waals surface area contributed by atoms with Gasteiger partial charge in [-0.15, -0.1) is 0 Å². The molecule has 1 heterocycles. The number of hydrogen-bond donors (Lipinski definition) is 1. The number of rotatable bonds is 3. The number of benzene rings is 1. The molecule has 0 aliphatic carbocycles. The molecule has 0 saturated carbocycles. The summed E-state index contributed by atoms with van der Waals surface area (Å²) in [4.78, 5) is 14.6. The zero-order valence-corrected chi connectivity index (χ0v) is 14.0. The molecule has 1 aromatic carbocycles. The monoisotopic (exact) mass is 288 g/mol. The molecular weight excluding hydrogens is 260 g/mol. The minimum Gasteiger partial charge on any atom is -0.340 e. The highest BCUT2D eigenvalue weighted by atomic mass is 16.2. The minimum absolute atomic E-state index is 0.0336. The summed E-state index contributed by atoms with van der Waals surface area (Å²) in [5.74, 6) is 0.208. The number of carbonyl (C=O) groups is 1. The van der Waals surface area contributed by atoms with Crippen molar-refractivity contribution in [1.82, 2.24) is 10.2 Å². The number of hydrogen-bond acceptors (Lipinski definition) is 2. The maximum absolute atomic E-state index is 12.8. The van der Waals surface area contributed by atoms with E-state index < -0.39 is 0 Å². The van der Waals surface area contributed by atoms with Crippen molar-refractivity contribution in [2.24, 2.45) is 5.41 Å². The lowest BCUT2D eigenvalue weighted by Gasteiger charge is -2.40. The van der Waals surface area contributed by atoms with Crippen molar-refractivity contribution in [1.29, 1.82) is 0 Å². The Balaban J connectivity index is 2.08. The second-order valence-electron chi connectivity index (χ2n) is 7.10. The summed E-state index contributed by atoms with van der Waals surface area (Å²) in [7, 11) is 1.91. The molecule has 1 fully saturated rings. The number of amides is 1. The van der Waals surface area contributed by atoms with Crippen molar-refractivity contribution in [2.75, 3.05) is 13.6 Å². The van der Waals surface area contributed by atoms with Crippen LogP contribution in [0.2, 0.25) is 0 Å². The van der Waals surface area contributed by atoms with Crippen LogP contribution in [0.1, 0.15) is 43.4 Å². The Morgan fingerprint density at radius 3 is 2.71 bits per heavy atom. The van der Waals surface area contributed by atoms with Gasteiger partial charge in [0.25, 0.3) is 0 Å². The summed E-state index contributed by atoms with van der Waals surface area (Å²) in [6.45, 7) is 10.2. The molecule has 0 radical (unpaired) electrons. The minimum atomic E-state index is -0.0676. The first-order valence-corrected chi connectivity index (χ1v) is 7.86. The average Bonchev–Trinajstić information content (AvgIpc) is 2.40. The molecule has 0 aromatic heterocycles. The summed E-state index contributed by atoms with van der Waals surface area (Å²) in [6, 6.07) is 6.36. The summed E-state index contributed by atoms with van der Waals surface area (Å²) >= 11 is 0. The van der Waals surface area contributed by atoms with Gasteiger partial charge in [0.1, 0.15) is 0 Å². The molecule has 1 amide bonds. The van der Waals surface area contributed by atoms with Crippen LogP contribution in [0.15, 0.2) is 18.2 Å². The summed E-state index contributed by atoms with van der Waals surface area (Å²) < 4.78 is 0. The van der Waals surface area contributed by atoms with Crippen LogP contribution in [-0.4, -0.2) is 30.4 Å². The predicted octanol–water partition coefficient (Wildman–Crippen LogP) is 3.04. The van der Waals surface area contributed by atoms with Gasteiger partial charge in [-0.1, -0.05) is 37.6 Å². The van der Waals surface area contributed by atoms with E-state index >= 15 is 0 Å². The highest BCUT2D eigenvalue weighted by Gasteiger charge is 2.38. The molecule has 1 aromatic rings. The fourth-order valence-corrected chi connectivity index (χ4v) is 3.21. The van der Waals surface area contributed by atoms with Crippen LogP contribution in [0.4, 0.5) is 0 Å². The van der Waals surface area contributed by atoms with E-state index in [0.29, 0.717) is 6.54 Å². The molecule has 1 atom stereocenters. The molecule has 1 aliphatic rings. The first kappa shape index (κ1) is 16.0. The topological polar surface area (TPSA) is 32.3 Å². The van der Waals surface area contributed by atoms with Crippen molar-refractivity contribution in [3.8, 4) is 0 Å². The summed E-state index contributed by atoms with van der Waals surface area (Å²) in [6.07, 6.45) is 2.26. The Hall–Kier alpha value is -1.35. The van der Waals surface area contributed by atoms with E-state index in [4.69, 9.17) is 0 Å². The molecule has 1 unspecified atom stereocenters. The third-order valence-electron chi connectivity index (χ3n) is 4.66. The lowest BCUT2D eigenvalue weighted by atomic mass is 9.77. The Bertz CT molecular complexity index is 522. The van der Waals surface area contributed by atoms with Crippen molar-refractivity contribution in [2.45, 2.75) is 53.1 Å². The molecular formula is C18H28N2O. The van der Waals surface area contributed by atoms with Gasteiger partial charge in [-0.05, 0) is 49.8 Å².